The van der Waals surface area contributed by atoms with E-state index in [2.05, 4.69) is 63.1 Å². The van der Waals surface area contributed by atoms with Crippen molar-refractivity contribution < 1.29 is 13.2 Å². The summed E-state index contributed by atoms with van der Waals surface area (Å²) in [5, 5.41) is 34.0. The highest BCUT2D eigenvalue weighted by molar-refractivity contribution is 6.32. The van der Waals surface area contributed by atoms with Crippen LogP contribution in [0.2, 0.25) is 5.02 Å². The van der Waals surface area contributed by atoms with Crippen LogP contribution >= 0.6 is 11.6 Å². The molecule has 0 aliphatic heterocycles. The summed E-state index contributed by atoms with van der Waals surface area (Å²) in [7, 11) is 0. The highest BCUT2D eigenvalue weighted by Crippen LogP contribution is 2.55. The molecular weight excluding hydrogens is 605 g/mol. The molecular formula is C31H30ClF3N10. The van der Waals surface area contributed by atoms with Crippen molar-refractivity contribution in [2.24, 2.45) is 5.41 Å². The lowest BCUT2D eigenvalue weighted by Gasteiger charge is -2.24. The minimum absolute atomic E-state index is 0.0629. The molecule has 0 radical (unpaired) electrons. The van der Waals surface area contributed by atoms with E-state index in [9.17, 15) is 18.4 Å². The van der Waals surface area contributed by atoms with E-state index < -0.39 is 17.8 Å². The van der Waals surface area contributed by atoms with Gasteiger partial charge in [0.1, 0.15) is 11.8 Å². The van der Waals surface area contributed by atoms with Crippen LogP contribution in [-0.4, -0.2) is 47.7 Å². The second-order valence-electron chi connectivity index (χ2n) is 12.5. The summed E-state index contributed by atoms with van der Waals surface area (Å²) in [6.45, 7) is 8.71. The first-order chi connectivity index (χ1) is 21.3. The third-order valence-corrected chi connectivity index (χ3v) is 8.19. The van der Waals surface area contributed by atoms with Gasteiger partial charge in [0.15, 0.2) is 5.54 Å². The molecule has 10 nitrogen and oxygen atoms in total. The van der Waals surface area contributed by atoms with Crippen molar-refractivity contribution in [1.82, 2.24) is 35.0 Å². The molecule has 1 saturated carbocycles. The fraction of sp³-hybridized carbons (Fsp3) is 0.355. The number of rotatable bonds is 8. The van der Waals surface area contributed by atoms with Crippen molar-refractivity contribution >= 4 is 33.9 Å². The number of anilines is 2. The Labute approximate surface area is 262 Å². The minimum atomic E-state index is -4.47. The van der Waals surface area contributed by atoms with Crippen LogP contribution in [0, 0.1) is 23.7 Å². The average molecular weight is 635 g/mol. The number of hydrogen-bond acceptors (Lipinski definition) is 8. The lowest BCUT2D eigenvalue weighted by Crippen LogP contribution is -2.35. The van der Waals surface area contributed by atoms with E-state index in [1.807, 2.05) is 25.1 Å². The summed E-state index contributed by atoms with van der Waals surface area (Å²) in [5.41, 5.74) is 2.36. The Morgan fingerprint density at radius 2 is 1.93 bits per heavy atom. The first kappa shape index (κ1) is 30.3. The number of nitrogens with one attached hydrogen (secondary N) is 2. The SMILES string of the molecule is Cc1c([C@H](Nc2cc(Cl)cc3c(NCC(C)(C)C)c(C#N)cnc23)c2cn(C3(C(F)(F)F)CC3)nn2)cccc1-n1ccnn1. The summed E-state index contributed by atoms with van der Waals surface area (Å²) in [6.07, 6.45) is 1.52. The molecule has 45 heavy (non-hydrogen) atoms. The molecule has 0 amide bonds. The Morgan fingerprint density at radius 1 is 1.16 bits per heavy atom. The van der Waals surface area contributed by atoms with Crippen LogP contribution in [0.4, 0.5) is 24.5 Å². The summed E-state index contributed by atoms with van der Waals surface area (Å²) >= 11 is 6.65. The van der Waals surface area contributed by atoms with E-state index in [0.29, 0.717) is 39.4 Å². The normalized spacial score (nSPS) is 15.1. The second-order valence-corrected chi connectivity index (χ2v) is 12.9. The van der Waals surface area contributed by atoms with Gasteiger partial charge < -0.3 is 10.6 Å². The number of nitrogens with zero attached hydrogens (tertiary/aromatic N) is 8. The Hall–Kier alpha value is -4.70. The van der Waals surface area contributed by atoms with Crippen molar-refractivity contribution in [3.63, 3.8) is 0 Å². The molecule has 6 rings (SSSR count). The second kappa shape index (κ2) is 11.0. The number of halogens is 4. The molecule has 14 heteroatoms. The first-order valence-electron chi connectivity index (χ1n) is 14.3. The molecule has 0 unspecified atom stereocenters. The van der Waals surface area contributed by atoms with Gasteiger partial charge in [-0.25, -0.2) is 9.36 Å². The number of nitriles is 1. The van der Waals surface area contributed by atoms with Crippen LogP contribution in [0.3, 0.4) is 0 Å². The van der Waals surface area contributed by atoms with Crippen molar-refractivity contribution in [3.8, 4) is 11.8 Å². The van der Waals surface area contributed by atoms with Crippen LogP contribution < -0.4 is 10.6 Å². The molecule has 1 atom stereocenters. The molecule has 2 aromatic carbocycles. The monoisotopic (exact) mass is 634 g/mol. The van der Waals surface area contributed by atoms with E-state index in [0.717, 1.165) is 21.5 Å². The minimum Gasteiger partial charge on any atom is -0.383 e. The quantitative estimate of drug-likeness (QED) is 0.188. The van der Waals surface area contributed by atoms with E-state index in [1.165, 1.54) is 12.4 Å². The fourth-order valence-electron chi connectivity index (χ4n) is 5.39. The number of pyridine rings is 1. The Bertz CT molecular complexity index is 1920. The maximum absolute atomic E-state index is 14.0. The molecule has 0 spiro atoms. The molecule has 5 aromatic rings. The van der Waals surface area contributed by atoms with Gasteiger partial charge in [-0.05, 0) is 54.5 Å². The van der Waals surface area contributed by atoms with Gasteiger partial charge in [0.25, 0.3) is 0 Å². The number of hydrogen-bond donors (Lipinski definition) is 2. The Kier molecular flexibility index (Phi) is 7.43. The van der Waals surface area contributed by atoms with Gasteiger partial charge in [-0.1, -0.05) is 54.9 Å². The molecule has 1 aliphatic rings. The van der Waals surface area contributed by atoms with Gasteiger partial charge in [0.05, 0.1) is 52.8 Å². The zero-order valence-electron chi connectivity index (χ0n) is 25.0. The summed E-state index contributed by atoms with van der Waals surface area (Å²) in [4.78, 5) is 4.61. The third-order valence-electron chi connectivity index (χ3n) is 7.98. The largest absolute Gasteiger partial charge is 0.413 e. The summed E-state index contributed by atoms with van der Waals surface area (Å²) in [6, 6.07) is 10.4. The molecule has 2 N–H and O–H groups in total. The topological polar surface area (TPSA) is 122 Å². The van der Waals surface area contributed by atoms with E-state index in [4.69, 9.17) is 11.6 Å². The molecule has 1 aliphatic carbocycles. The van der Waals surface area contributed by atoms with Gasteiger partial charge in [0, 0.05) is 23.2 Å². The zero-order chi connectivity index (χ0) is 32.1. The number of aromatic nitrogens is 7. The maximum Gasteiger partial charge on any atom is 0.413 e. The Balaban J connectivity index is 1.50. The highest BCUT2D eigenvalue weighted by atomic mass is 35.5. The predicted octanol–water partition coefficient (Wildman–Crippen LogP) is 6.95. The van der Waals surface area contributed by atoms with Gasteiger partial charge in [-0.15, -0.1) is 10.2 Å². The van der Waals surface area contributed by atoms with E-state index in [-0.39, 0.29) is 24.0 Å². The standard InChI is InChI=1S/C31H30ClF3N10/c1-18-21(6-5-7-25(18)44-11-10-39-42-44)28(24-16-45(43-41-24)30(8-9-30)31(33,34)35)40-23-13-20(32)12-22-26(38-17-29(2,3)4)19(14-36)15-37-27(22)23/h5-7,10-13,15-16,28,40H,8-9,17H2,1-4H3,(H,37,38)/t28-/m0/s1. The zero-order valence-corrected chi connectivity index (χ0v) is 25.7. The summed E-state index contributed by atoms with van der Waals surface area (Å²) < 4.78 is 44.6. The van der Waals surface area contributed by atoms with Crippen LogP contribution in [0.1, 0.15) is 62.0 Å². The number of alkyl halides is 3. The van der Waals surface area contributed by atoms with E-state index in [1.54, 1.807) is 29.2 Å². The van der Waals surface area contributed by atoms with Crippen LogP contribution in [0.25, 0.3) is 16.6 Å². The van der Waals surface area contributed by atoms with Gasteiger partial charge in [-0.2, -0.15) is 18.4 Å². The smallest absolute Gasteiger partial charge is 0.383 e. The summed E-state index contributed by atoms with van der Waals surface area (Å²) in [5.74, 6) is 0. The van der Waals surface area contributed by atoms with Crippen molar-refractivity contribution in [3.05, 3.63) is 82.5 Å². The first-order valence-corrected chi connectivity index (χ1v) is 14.7. The third kappa shape index (κ3) is 5.66. The Morgan fingerprint density at radius 3 is 2.58 bits per heavy atom. The number of benzene rings is 2. The van der Waals surface area contributed by atoms with Gasteiger partial charge in [0.2, 0.25) is 0 Å². The fourth-order valence-corrected chi connectivity index (χ4v) is 5.61. The molecule has 0 bridgehead atoms. The molecule has 1 fully saturated rings. The van der Waals surface area contributed by atoms with Crippen LogP contribution in [0.15, 0.2) is 55.1 Å². The average Bonchev–Trinajstić information content (AvgIpc) is 3.37. The lowest BCUT2D eigenvalue weighted by molar-refractivity contribution is -0.182. The molecule has 3 aromatic heterocycles. The lowest BCUT2D eigenvalue weighted by atomic mass is 9.96. The van der Waals surface area contributed by atoms with Crippen molar-refractivity contribution in [2.45, 2.75) is 58.3 Å². The van der Waals surface area contributed by atoms with Crippen LogP contribution in [0.5, 0.6) is 0 Å². The van der Waals surface area contributed by atoms with E-state index >= 15 is 0 Å². The van der Waals surface area contributed by atoms with Crippen LogP contribution in [-0.2, 0) is 5.54 Å². The number of fused-ring (bicyclic) bond motifs is 1. The predicted molar refractivity (Wildman–Crippen MR) is 164 cm³/mol. The molecule has 232 valence electrons. The highest BCUT2D eigenvalue weighted by Gasteiger charge is 2.66. The maximum atomic E-state index is 14.0. The van der Waals surface area contributed by atoms with Crippen molar-refractivity contribution in [2.75, 3.05) is 17.2 Å². The van der Waals surface area contributed by atoms with Crippen molar-refractivity contribution in [1.29, 1.82) is 5.26 Å². The molecule has 3 heterocycles. The van der Waals surface area contributed by atoms with Gasteiger partial charge >= 0.3 is 6.18 Å². The molecule has 0 saturated heterocycles. The van der Waals surface area contributed by atoms with Gasteiger partial charge in [-0.3, -0.25) is 4.98 Å².